The van der Waals surface area contributed by atoms with Crippen molar-refractivity contribution in [2.45, 2.75) is 26.7 Å². The Hall–Kier alpha value is -1.35. The highest BCUT2D eigenvalue weighted by Crippen LogP contribution is 2.36. The van der Waals surface area contributed by atoms with E-state index in [9.17, 15) is 4.79 Å². The average Bonchev–Trinajstić information content (AvgIpc) is 3.03. The van der Waals surface area contributed by atoms with Gasteiger partial charge in [0.1, 0.15) is 0 Å². The van der Waals surface area contributed by atoms with E-state index < -0.39 is 0 Å². The summed E-state index contributed by atoms with van der Waals surface area (Å²) in [5, 5.41) is 3.44. The molecule has 3 rings (SSSR count). The van der Waals surface area contributed by atoms with E-state index in [0.29, 0.717) is 5.41 Å². The fourth-order valence-electron chi connectivity index (χ4n) is 3.41. The van der Waals surface area contributed by atoms with Crippen LogP contribution in [0.5, 0.6) is 0 Å². The van der Waals surface area contributed by atoms with Crippen molar-refractivity contribution in [2.75, 3.05) is 26.2 Å². The van der Waals surface area contributed by atoms with E-state index in [0.717, 1.165) is 43.7 Å². The Labute approximate surface area is 115 Å². The van der Waals surface area contributed by atoms with Gasteiger partial charge in [-0.05, 0) is 50.4 Å². The second-order valence-electron chi connectivity index (χ2n) is 6.15. The predicted octanol–water partition coefficient (Wildman–Crippen LogP) is 2.13. The van der Waals surface area contributed by atoms with Crippen LogP contribution in [0.25, 0.3) is 0 Å². The molecule has 1 aromatic rings. The third-order valence-electron chi connectivity index (χ3n) is 4.89. The normalized spacial score (nSPS) is 26.3. The first-order valence-electron chi connectivity index (χ1n) is 7.18. The Morgan fingerprint density at radius 3 is 2.89 bits per heavy atom. The Bertz CT molecular complexity index is 503. The number of carbonyl (C=O) groups excluding carboxylic acids is 1. The number of benzene rings is 1. The van der Waals surface area contributed by atoms with Crippen molar-refractivity contribution < 1.29 is 4.79 Å². The summed E-state index contributed by atoms with van der Waals surface area (Å²) in [5.41, 5.74) is 3.55. The van der Waals surface area contributed by atoms with Gasteiger partial charge in [-0.25, -0.2) is 0 Å². The van der Waals surface area contributed by atoms with E-state index in [1.54, 1.807) is 0 Å². The van der Waals surface area contributed by atoms with E-state index in [1.807, 2.05) is 19.1 Å². The van der Waals surface area contributed by atoms with Crippen LogP contribution in [0.15, 0.2) is 18.2 Å². The number of nitrogens with one attached hydrogen (secondary N) is 1. The summed E-state index contributed by atoms with van der Waals surface area (Å²) in [6.07, 6.45) is 2.36. The fourth-order valence-corrected chi connectivity index (χ4v) is 3.41. The Morgan fingerprint density at radius 1 is 1.32 bits per heavy atom. The maximum atomic E-state index is 12.7. The van der Waals surface area contributed by atoms with E-state index in [4.69, 9.17) is 0 Å². The van der Waals surface area contributed by atoms with Crippen LogP contribution < -0.4 is 5.32 Å². The molecule has 1 spiro atoms. The number of hydrogen-bond acceptors (Lipinski definition) is 2. The summed E-state index contributed by atoms with van der Waals surface area (Å²) in [7, 11) is 0. The molecule has 2 aliphatic heterocycles. The van der Waals surface area contributed by atoms with Crippen LogP contribution in [0.1, 0.15) is 34.3 Å². The zero-order chi connectivity index (χ0) is 13.5. The number of nitrogens with zero attached hydrogens (tertiary/aromatic N) is 1. The first-order valence-corrected chi connectivity index (χ1v) is 7.18. The molecule has 0 aromatic heterocycles. The van der Waals surface area contributed by atoms with Crippen LogP contribution in [0.2, 0.25) is 0 Å². The molecule has 3 heteroatoms. The maximum Gasteiger partial charge on any atom is 0.254 e. The molecule has 2 heterocycles. The average molecular weight is 258 g/mol. The van der Waals surface area contributed by atoms with Gasteiger partial charge in [0.25, 0.3) is 5.91 Å². The molecule has 1 unspecified atom stereocenters. The van der Waals surface area contributed by atoms with Gasteiger partial charge in [0.15, 0.2) is 0 Å². The molecule has 1 atom stereocenters. The summed E-state index contributed by atoms with van der Waals surface area (Å²) in [6.45, 7) is 8.12. The zero-order valence-electron chi connectivity index (χ0n) is 11.8. The molecule has 0 aliphatic carbocycles. The predicted molar refractivity (Wildman–Crippen MR) is 76.4 cm³/mol. The zero-order valence-corrected chi connectivity index (χ0v) is 11.8. The second kappa shape index (κ2) is 4.64. The summed E-state index contributed by atoms with van der Waals surface area (Å²) in [4.78, 5) is 14.7. The lowest BCUT2D eigenvalue weighted by atomic mass is 9.86. The highest BCUT2D eigenvalue weighted by molar-refractivity contribution is 5.96. The Balaban J connectivity index is 1.80. The minimum absolute atomic E-state index is 0.213. The van der Waals surface area contributed by atoms with Crippen LogP contribution in [0.3, 0.4) is 0 Å². The third-order valence-corrected chi connectivity index (χ3v) is 4.89. The highest BCUT2D eigenvalue weighted by Gasteiger charge is 2.42. The Kier molecular flexibility index (Phi) is 3.09. The van der Waals surface area contributed by atoms with Gasteiger partial charge in [-0.2, -0.15) is 0 Å². The van der Waals surface area contributed by atoms with Crippen molar-refractivity contribution in [2.24, 2.45) is 5.41 Å². The van der Waals surface area contributed by atoms with E-state index in [1.165, 1.54) is 12.0 Å². The molecule has 0 radical (unpaired) electrons. The molecular formula is C16H22N2O. The molecule has 1 aromatic carbocycles. The van der Waals surface area contributed by atoms with Crippen LogP contribution in [-0.2, 0) is 0 Å². The number of carbonyl (C=O) groups is 1. The molecule has 0 saturated carbocycles. The molecule has 3 nitrogen and oxygen atoms in total. The minimum atomic E-state index is 0.213. The van der Waals surface area contributed by atoms with Gasteiger partial charge in [0.05, 0.1) is 0 Å². The molecule has 1 N–H and O–H groups in total. The molecular weight excluding hydrogens is 236 g/mol. The van der Waals surface area contributed by atoms with E-state index in [-0.39, 0.29) is 5.91 Å². The van der Waals surface area contributed by atoms with Crippen LogP contribution >= 0.6 is 0 Å². The lowest BCUT2D eigenvalue weighted by molar-refractivity contribution is 0.0775. The van der Waals surface area contributed by atoms with Gasteiger partial charge in [0, 0.05) is 30.6 Å². The maximum absolute atomic E-state index is 12.7. The molecule has 19 heavy (non-hydrogen) atoms. The smallest absolute Gasteiger partial charge is 0.254 e. The number of rotatable bonds is 1. The SMILES string of the molecule is Cc1cccc(C(=O)N2CCC3(CCNC3)C2)c1C. The van der Waals surface area contributed by atoms with Crippen LogP contribution in [0, 0.1) is 19.3 Å². The standard InChI is InChI=1S/C16H22N2O/c1-12-4-3-5-14(13(12)2)15(19)18-9-7-16(11-18)6-8-17-10-16/h3-5,17H,6-11H2,1-2H3. The second-order valence-corrected chi connectivity index (χ2v) is 6.15. The fraction of sp³-hybridized carbons (Fsp3) is 0.562. The van der Waals surface area contributed by atoms with Gasteiger partial charge >= 0.3 is 0 Å². The van der Waals surface area contributed by atoms with Gasteiger partial charge < -0.3 is 10.2 Å². The summed E-state index contributed by atoms with van der Waals surface area (Å²) in [6, 6.07) is 6.01. The lowest BCUT2D eigenvalue weighted by Gasteiger charge is -2.23. The molecule has 2 fully saturated rings. The number of aryl methyl sites for hydroxylation is 1. The van der Waals surface area contributed by atoms with E-state index >= 15 is 0 Å². The number of amides is 1. The van der Waals surface area contributed by atoms with Crippen molar-refractivity contribution in [3.8, 4) is 0 Å². The molecule has 2 aliphatic rings. The minimum Gasteiger partial charge on any atom is -0.338 e. The molecule has 102 valence electrons. The first-order chi connectivity index (χ1) is 9.11. The lowest BCUT2D eigenvalue weighted by Crippen LogP contribution is -2.33. The monoisotopic (exact) mass is 258 g/mol. The van der Waals surface area contributed by atoms with Gasteiger partial charge in [-0.15, -0.1) is 0 Å². The van der Waals surface area contributed by atoms with Crippen molar-refractivity contribution in [1.29, 1.82) is 0 Å². The molecule has 2 saturated heterocycles. The van der Waals surface area contributed by atoms with Gasteiger partial charge in [-0.3, -0.25) is 4.79 Å². The van der Waals surface area contributed by atoms with Crippen LogP contribution in [-0.4, -0.2) is 37.0 Å². The van der Waals surface area contributed by atoms with Gasteiger partial charge in [-0.1, -0.05) is 12.1 Å². The first kappa shape index (κ1) is 12.7. The van der Waals surface area contributed by atoms with Crippen molar-refractivity contribution in [3.63, 3.8) is 0 Å². The molecule has 0 bridgehead atoms. The van der Waals surface area contributed by atoms with E-state index in [2.05, 4.69) is 23.2 Å². The van der Waals surface area contributed by atoms with Crippen molar-refractivity contribution in [1.82, 2.24) is 10.2 Å². The van der Waals surface area contributed by atoms with Crippen LogP contribution in [0.4, 0.5) is 0 Å². The topological polar surface area (TPSA) is 32.3 Å². The summed E-state index contributed by atoms with van der Waals surface area (Å²) in [5.74, 6) is 0.213. The summed E-state index contributed by atoms with van der Waals surface area (Å²) < 4.78 is 0. The number of hydrogen-bond donors (Lipinski definition) is 1. The Morgan fingerprint density at radius 2 is 2.16 bits per heavy atom. The van der Waals surface area contributed by atoms with Gasteiger partial charge in [0.2, 0.25) is 0 Å². The quantitative estimate of drug-likeness (QED) is 0.837. The van der Waals surface area contributed by atoms with Crippen molar-refractivity contribution in [3.05, 3.63) is 34.9 Å². The summed E-state index contributed by atoms with van der Waals surface area (Å²) >= 11 is 0. The largest absolute Gasteiger partial charge is 0.338 e. The number of likely N-dealkylation sites (tertiary alicyclic amines) is 1. The highest BCUT2D eigenvalue weighted by atomic mass is 16.2. The molecule has 1 amide bonds. The third kappa shape index (κ3) is 2.16. The van der Waals surface area contributed by atoms with Crippen molar-refractivity contribution >= 4 is 5.91 Å².